The van der Waals surface area contributed by atoms with Gasteiger partial charge in [-0.15, -0.1) is 0 Å². The molecule has 0 radical (unpaired) electrons. The molecule has 0 saturated heterocycles. The minimum absolute atomic E-state index is 0.825. The third-order valence-electron chi connectivity index (χ3n) is 5.52. The first-order valence-electron chi connectivity index (χ1n) is 6.16. The van der Waals surface area contributed by atoms with E-state index in [1.165, 1.54) is 6.42 Å². The first kappa shape index (κ1) is 8.57. The maximum Gasteiger partial charge on any atom is 0.0517 e. The Hall–Kier alpha value is -0.563. The second kappa shape index (κ2) is 2.10. The zero-order chi connectivity index (χ0) is 10.4. The Balaban J connectivity index is 1.86. The van der Waals surface area contributed by atoms with Gasteiger partial charge in [0, 0.05) is 0 Å². The van der Waals surface area contributed by atoms with E-state index in [1.807, 2.05) is 0 Å². The van der Waals surface area contributed by atoms with Gasteiger partial charge in [-0.05, 0) is 40.3 Å². The molecular weight excluding hydrogens is 196 g/mol. The molecule has 0 spiro atoms. The highest BCUT2D eigenvalue weighted by Crippen LogP contribution is 2.94. The van der Waals surface area contributed by atoms with Crippen molar-refractivity contribution in [1.29, 1.82) is 0 Å². The van der Waals surface area contributed by atoms with Crippen LogP contribution in [-0.4, -0.2) is 8.07 Å². The quantitative estimate of drug-likeness (QED) is 0.620. The minimum Gasteiger partial charge on any atom is -0.0691 e. The Bertz CT molecular complexity index is 457. The molecule has 3 aliphatic carbocycles. The maximum absolute atomic E-state index is 2.57. The van der Waals surface area contributed by atoms with Crippen molar-refractivity contribution in [3.05, 3.63) is 35.4 Å². The van der Waals surface area contributed by atoms with Gasteiger partial charge in [-0.2, -0.15) is 0 Å². The van der Waals surface area contributed by atoms with Crippen LogP contribution in [0.15, 0.2) is 24.3 Å². The number of rotatable bonds is 1. The summed E-state index contributed by atoms with van der Waals surface area (Å²) in [6, 6.07) is 9.23. The smallest absolute Gasteiger partial charge is 0.0517 e. The molecule has 0 aliphatic heterocycles. The molecule has 0 nitrogen and oxygen atoms in total. The van der Waals surface area contributed by atoms with Gasteiger partial charge in [0.2, 0.25) is 0 Å². The minimum atomic E-state index is -0.946. The van der Waals surface area contributed by atoms with Crippen molar-refractivity contribution in [2.75, 3.05) is 0 Å². The fraction of sp³-hybridized carbons (Fsp3) is 0.571. The van der Waals surface area contributed by atoms with E-state index < -0.39 is 8.07 Å². The van der Waals surface area contributed by atoms with Crippen LogP contribution in [0.1, 0.15) is 29.4 Å². The molecule has 4 rings (SSSR count). The molecule has 0 aromatic heterocycles. The van der Waals surface area contributed by atoms with Crippen LogP contribution in [0.3, 0.4) is 0 Å². The van der Waals surface area contributed by atoms with Crippen LogP contribution in [0.25, 0.3) is 0 Å². The molecule has 0 heterocycles. The van der Waals surface area contributed by atoms with E-state index >= 15 is 0 Å². The molecule has 2 saturated carbocycles. The van der Waals surface area contributed by atoms with Crippen molar-refractivity contribution in [3.63, 3.8) is 0 Å². The van der Waals surface area contributed by atoms with Gasteiger partial charge in [0.05, 0.1) is 8.07 Å². The Labute approximate surface area is 92.7 Å². The topological polar surface area (TPSA) is 0 Å². The summed E-state index contributed by atoms with van der Waals surface area (Å²) in [5.74, 6) is 3.00. The molecule has 0 N–H and O–H groups in total. The summed E-state index contributed by atoms with van der Waals surface area (Å²) in [4.78, 5) is 0. The number of benzene rings is 1. The van der Waals surface area contributed by atoms with Gasteiger partial charge in [0.15, 0.2) is 0 Å². The summed E-state index contributed by atoms with van der Waals surface area (Å²) >= 11 is 0. The summed E-state index contributed by atoms with van der Waals surface area (Å²) in [6.45, 7) is 7.72. The van der Waals surface area contributed by atoms with Crippen LogP contribution in [0, 0.1) is 5.92 Å². The molecule has 15 heavy (non-hydrogen) atoms. The van der Waals surface area contributed by atoms with Crippen molar-refractivity contribution < 1.29 is 0 Å². The predicted octanol–water partition coefficient (Wildman–Crippen LogP) is 3.98. The standard InChI is InChI=1S/C14H18Si/c1-15(2,3)14-8-11-9-6-4-5-7-10(9)12(14)13(11)14/h4-7,11-13H,8H2,1-3H3/t11-,12+,13-,14-/m1/s1. The van der Waals surface area contributed by atoms with Crippen molar-refractivity contribution >= 4 is 8.07 Å². The molecule has 2 fully saturated rings. The zero-order valence-electron chi connectivity index (χ0n) is 9.75. The second-order valence-electron chi connectivity index (χ2n) is 6.73. The number of hydrogen-bond acceptors (Lipinski definition) is 0. The maximum atomic E-state index is 2.57. The lowest BCUT2D eigenvalue weighted by atomic mass is 9.77. The molecule has 4 atom stereocenters. The first-order chi connectivity index (χ1) is 7.07. The third kappa shape index (κ3) is 0.691. The Morgan fingerprint density at radius 3 is 2.47 bits per heavy atom. The molecule has 0 bridgehead atoms. The SMILES string of the molecule is C[Si](C)(C)[C@]12C[C@@H]3c4ccccc4[C@H]1[C@@H]32. The van der Waals surface area contributed by atoms with Crippen LogP contribution >= 0.6 is 0 Å². The van der Waals surface area contributed by atoms with E-state index in [0.717, 1.165) is 22.8 Å². The van der Waals surface area contributed by atoms with Crippen molar-refractivity contribution in [1.82, 2.24) is 0 Å². The van der Waals surface area contributed by atoms with E-state index in [4.69, 9.17) is 0 Å². The normalized spacial score (nSPS) is 44.3. The summed E-state index contributed by atoms with van der Waals surface area (Å²) in [7, 11) is -0.946. The fourth-order valence-corrected chi connectivity index (χ4v) is 8.22. The van der Waals surface area contributed by atoms with Gasteiger partial charge in [-0.3, -0.25) is 0 Å². The van der Waals surface area contributed by atoms with Gasteiger partial charge in [0.25, 0.3) is 0 Å². The monoisotopic (exact) mass is 214 g/mol. The highest BCUT2D eigenvalue weighted by Gasteiger charge is 2.82. The molecule has 3 aliphatic rings. The van der Waals surface area contributed by atoms with Gasteiger partial charge < -0.3 is 0 Å². The van der Waals surface area contributed by atoms with E-state index in [-0.39, 0.29) is 0 Å². The third-order valence-corrected chi connectivity index (χ3v) is 9.16. The zero-order valence-corrected chi connectivity index (χ0v) is 10.7. The van der Waals surface area contributed by atoms with E-state index in [2.05, 4.69) is 43.9 Å². The lowest BCUT2D eigenvalue weighted by molar-refractivity contribution is 0.391. The van der Waals surface area contributed by atoms with Crippen LogP contribution in [0.2, 0.25) is 24.7 Å². The first-order valence-corrected chi connectivity index (χ1v) is 9.66. The summed E-state index contributed by atoms with van der Waals surface area (Å²) in [5, 5.41) is 0.825. The molecule has 1 aromatic rings. The largest absolute Gasteiger partial charge is 0.0691 e. The fourth-order valence-electron chi connectivity index (χ4n) is 4.83. The lowest BCUT2D eigenvalue weighted by Gasteiger charge is -2.45. The van der Waals surface area contributed by atoms with Crippen LogP contribution in [0.4, 0.5) is 0 Å². The van der Waals surface area contributed by atoms with Crippen LogP contribution in [-0.2, 0) is 0 Å². The predicted molar refractivity (Wildman–Crippen MR) is 66.1 cm³/mol. The number of hydrogen-bond donors (Lipinski definition) is 0. The Kier molecular flexibility index (Phi) is 1.20. The average Bonchev–Trinajstić information content (AvgIpc) is 2.57. The number of fused-ring (bicyclic) bond motifs is 4. The average molecular weight is 214 g/mol. The Morgan fingerprint density at radius 2 is 1.80 bits per heavy atom. The van der Waals surface area contributed by atoms with Crippen LogP contribution < -0.4 is 0 Å². The molecular formula is C14H18Si. The molecule has 0 amide bonds. The molecule has 1 heteroatoms. The highest BCUT2D eigenvalue weighted by atomic mass is 28.3. The lowest BCUT2D eigenvalue weighted by Crippen LogP contribution is -2.40. The van der Waals surface area contributed by atoms with E-state index in [1.54, 1.807) is 11.1 Å². The summed E-state index contributed by atoms with van der Waals surface area (Å²) in [6.07, 6.45) is 1.52. The van der Waals surface area contributed by atoms with Crippen molar-refractivity contribution in [2.45, 2.75) is 42.9 Å². The Morgan fingerprint density at radius 1 is 1.13 bits per heavy atom. The van der Waals surface area contributed by atoms with Gasteiger partial charge in [0.1, 0.15) is 0 Å². The molecule has 78 valence electrons. The van der Waals surface area contributed by atoms with Gasteiger partial charge >= 0.3 is 0 Å². The van der Waals surface area contributed by atoms with Crippen molar-refractivity contribution in [3.8, 4) is 0 Å². The van der Waals surface area contributed by atoms with Crippen molar-refractivity contribution in [2.24, 2.45) is 5.92 Å². The van der Waals surface area contributed by atoms with E-state index in [9.17, 15) is 0 Å². The van der Waals surface area contributed by atoms with Gasteiger partial charge in [-0.1, -0.05) is 43.9 Å². The molecule has 0 unspecified atom stereocenters. The second-order valence-corrected chi connectivity index (χ2v) is 12.2. The van der Waals surface area contributed by atoms with Crippen LogP contribution in [0.5, 0.6) is 0 Å². The van der Waals surface area contributed by atoms with Gasteiger partial charge in [-0.25, -0.2) is 0 Å². The summed E-state index contributed by atoms with van der Waals surface area (Å²) in [5.41, 5.74) is 3.42. The van der Waals surface area contributed by atoms with E-state index in [0.29, 0.717) is 0 Å². The molecule has 1 aromatic carbocycles. The summed E-state index contributed by atoms with van der Waals surface area (Å²) < 4.78 is 0. The highest BCUT2D eigenvalue weighted by molar-refractivity contribution is 6.80.